The number of aliphatic hydroxyl groups excluding tert-OH is 1. The van der Waals surface area contributed by atoms with E-state index in [4.69, 9.17) is 4.74 Å². The first-order valence-electron chi connectivity index (χ1n) is 17.1. The zero-order chi connectivity index (χ0) is 33.0. The molecule has 250 valence electrons. The highest BCUT2D eigenvalue weighted by atomic mass is 32.2. The molecule has 3 rings (SSSR count). The first-order chi connectivity index (χ1) is 22.3. The van der Waals surface area contributed by atoms with E-state index in [2.05, 4.69) is 25.7 Å². The van der Waals surface area contributed by atoms with Crippen LogP contribution in [0.25, 0.3) is 11.1 Å². The number of benzene rings is 3. The third kappa shape index (κ3) is 13.5. The van der Waals surface area contributed by atoms with E-state index >= 15 is 0 Å². The van der Waals surface area contributed by atoms with Gasteiger partial charge >= 0.3 is 0 Å². The van der Waals surface area contributed by atoms with E-state index in [1.807, 2.05) is 48.5 Å². The lowest BCUT2D eigenvalue weighted by Gasteiger charge is -2.14. The predicted molar refractivity (Wildman–Crippen MR) is 191 cm³/mol. The van der Waals surface area contributed by atoms with Gasteiger partial charge in [-0.1, -0.05) is 139 Å². The molecule has 5 nitrogen and oxygen atoms in total. The van der Waals surface area contributed by atoms with Gasteiger partial charge in [-0.25, -0.2) is 0 Å². The van der Waals surface area contributed by atoms with Crippen molar-refractivity contribution in [1.82, 2.24) is 0 Å². The molecule has 1 atom stereocenters. The summed E-state index contributed by atoms with van der Waals surface area (Å²) in [6, 6.07) is 19.8. The van der Waals surface area contributed by atoms with Gasteiger partial charge in [-0.05, 0) is 60.4 Å². The van der Waals surface area contributed by atoms with Crippen molar-refractivity contribution in [2.45, 2.75) is 131 Å². The number of unbranched alkanes of at least 4 members (excludes halogenated alkanes) is 13. The molecule has 0 spiro atoms. The first kappa shape index (κ1) is 37.7. The highest BCUT2D eigenvalue weighted by Crippen LogP contribution is 2.37. The standard InChI is InChI=1S/C39H52O5S2/c1-3-5-7-9-11-12-13-14-15-17-23-37(40)36-22-19-18-21-35(36)32-24-29-38(39(31-32)46(41,42)43)45-34-27-25-33(26-28-34)44-30-20-16-10-8-6-4-2/h18-19,21-22,24-29,31,37,40H,3-16,20,30H2,1-2H3,(H,41,42,43). The minimum Gasteiger partial charge on any atom is -0.494 e. The Bertz CT molecular complexity index is 1470. The maximum Gasteiger partial charge on any atom is 0.295 e. The molecule has 0 bridgehead atoms. The molecule has 0 heterocycles. The Morgan fingerprint density at radius 1 is 0.761 bits per heavy atom. The zero-order valence-corrected chi connectivity index (χ0v) is 29.3. The molecule has 0 fully saturated rings. The third-order valence-electron chi connectivity index (χ3n) is 8.00. The fourth-order valence-corrected chi connectivity index (χ4v) is 7.22. The Balaban J connectivity index is 1.63. The van der Waals surface area contributed by atoms with Crippen LogP contribution in [-0.4, -0.2) is 24.7 Å². The topological polar surface area (TPSA) is 83.8 Å². The van der Waals surface area contributed by atoms with Gasteiger partial charge in [0.15, 0.2) is 0 Å². The van der Waals surface area contributed by atoms with Crippen molar-refractivity contribution in [2.24, 2.45) is 0 Å². The van der Waals surface area contributed by atoms with E-state index in [0.29, 0.717) is 28.2 Å². The number of rotatable bonds is 21. The molecule has 0 radical (unpaired) electrons. The van der Waals surface area contributed by atoms with Crippen LogP contribution in [-0.2, 0) is 10.1 Å². The quantitative estimate of drug-likeness (QED) is 0.0670. The SMILES string of the molecule is CCCCCCCCCCC#CC(O)c1ccccc1-c1ccc(Sc2ccc(OCCCCCCCC)cc2)c(S(=O)(=O)O)c1. The van der Waals surface area contributed by atoms with E-state index < -0.39 is 16.2 Å². The molecule has 0 aliphatic carbocycles. The van der Waals surface area contributed by atoms with Crippen LogP contribution >= 0.6 is 11.8 Å². The Morgan fingerprint density at radius 2 is 1.37 bits per heavy atom. The predicted octanol–water partition coefficient (Wildman–Crippen LogP) is 11.1. The number of hydrogen-bond acceptors (Lipinski definition) is 5. The summed E-state index contributed by atoms with van der Waals surface area (Å²) in [6.45, 7) is 5.12. The lowest BCUT2D eigenvalue weighted by atomic mass is 9.96. The molecular weight excluding hydrogens is 613 g/mol. The zero-order valence-electron chi connectivity index (χ0n) is 27.7. The molecule has 3 aromatic carbocycles. The number of aliphatic hydroxyl groups is 1. The van der Waals surface area contributed by atoms with Gasteiger partial charge in [-0.3, -0.25) is 4.55 Å². The van der Waals surface area contributed by atoms with E-state index in [0.717, 1.165) is 36.3 Å². The number of ether oxygens (including phenoxy) is 1. The van der Waals surface area contributed by atoms with Gasteiger partial charge < -0.3 is 9.84 Å². The highest BCUT2D eigenvalue weighted by molar-refractivity contribution is 8.00. The molecule has 0 saturated heterocycles. The lowest BCUT2D eigenvalue weighted by Crippen LogP contribution is -2.02. The molecule has 1 unspecified atom stereocenters. The van der Waals surface area contributed by atoms with Crippen molar-refractivity contribution in [3.63, 3.8) is 0 Å². The average molecular weight is 665 g/mol. The largest absolute Gasteiger partial charge is 0.494 e. The van der Waals surface area contributed by atoms with Gasteiger partial charge in [-0.2, -0.15) is 8.42 Å². The van der Waals surface area contributed by atoms with Crippen LogP contribution in [0, 0.1) is 11.8 Å². The lowest BCUT2D eigenvalue weighted by molar-refractivity contribution is 0.239. The summed E-state index contributed by atoms with van der Waals surface area (Å²) in [6.07, 6.45) is 16.8. The minimum atomic E-state index is -4.52. The second kappa shape index (κ2) is 21.2. The monoisotopic (exact) mass is 664 g/mol. The fraction of sp³-hybridized carbons (Fsp3) is 0.487. The fourth-order valence-electron chi connectivity index (χ4n) is 5.36. The molecule has 2 N–H and O–H groups in total. The molecule has 0 amide bonds. The summed E-state index contributed by atoms with van der Waals surface area (Å²) in [5, 5.41) is 10.9. The second-order valence-corrected chi connectivity index (χ2v) is 14.4. The van der Waals surface area contributed by atoms with Crippen LogP contribution in [0.3, 0.4) is 0 Å². The summed E-state index contributed by atoms with van der Waals surface area (Å²) in [4.78, 5) is 1.06. The van der Waals surface area contributed by atoms with Crippen molar-refractivity contribution in [2.75, 3.05) is 6.61 Å². The van der Waals surface area contributed by atoms with Crippen molar-refractivity contribution < 1.29 is 22.8 Å². The van der Waals surface area contributed by atoms with Crippen LogP contribution in [0.1, 0.15) is 122 Å². The summed E-state index contributed by atoms with van der Waals surface area (Å²) < 4.78 is 41.0. The van der Waals surface area contributed by atoms with Crippen molar-refractivity contribution in [3.8, 4) is 28.7 Å². The van der Waals surface area contributed by atoms with E-state index in [-0.39, 0.29) is 4.90 Å². The molecule has 0 aliphatic heterocycles. The average Bonchev–Trinajstić information content (AvgIpc) is 3.05. The van der Waals surface area contributed by atoms with Crippen LogP contribution < -0.4 is 4.74 Å². The summed E-state index contributed by atoms with van der Waals surface area (Å²) in [5.41, 5.74) is 1.85. The van der Waals surface area contributed by atoms with E-state index in [1.54, 1.807) is 12.1 Å². The maximum atomic E-state index is 12.5. The molecular formula is C39H52O5S2. The van der Waals surface area contributed by atoms with Crippen LogP contribution in [0.5, 0.6) is 5.75 Å². The van der Waals surface area contributed by atoms with Gasteiger partial charge in [-0.15, -0.1) is 5.92 Å². The normalized spacial score (nSPS) is 12.0. The van der Waals surface area contributed by atoms with Crippen molar-refractivity contribution >= 4 is 21.9 Å². The third-order valence-corrected chi connectivity index (χ3v) is 10.1. The van der Waals surface area contributed by atoms with Gasteiger partial charge in [0, 0.05) is 21.8 Å². The smallest absolute Gasteiger partial charge is 0.295 e. The van der Waals surface area contributed by atoms with E-state index in [1.165, 1.54) is 88.5 Å². The van der Waals surface area contributed by atoms with Crippen LogP contribution in [0.2, 0.25) is 0 Å². The van der Waals surface area contributed by atoms with Gasteiger partial charge in [0.05, 0.1) is 6.61 Å². The molecule has 7 heteroatoms. The molecule has 0 aromatic heterocycles. The van der Waals surface area contributed by atoms with Gasteiger partial charge in [0.25, 0.3) is 10.1 Å². The molecule has 3 aromatic rings. The highest BCUT2D eigenvalue weighted by Gasteiger charge is 2.20. The van der Waals surface area contributed by atoms with Crippen LogP contribution in [0.15, 0.2) is 81.4 Å². The van der Waals surface area contributed by atoms with Crippen LogP contribution in [0.4, 0.5) is 0 Å². The summed E-state index contributed by atoms with van der Waals surface area (Å²) in [7, 11) is -4.52. The maximum absolute atomic E-state index is 12.5. The van der Waals surface area contributed by atoms with Gasteiger partial charge in [0.2, 0.25) is 0 Å². The van der Waals surface area contributed by atoms with Crippen molar-refractivity contribution in [1.29, 1.82) is 0 Å². The summed E-state index contributed by atoms with van der Waals surface area (Å²) >= 11 is 1.26. The summed E-state index contributed by atoms with van der Waals surface area (Å²) in [5.74, 6) is 6.87. The minimum absolute atomic E-state index is 0.177. The molecule has 46 heavy (non-hydrogen) atoms. The Morgan fingerprint density at radius 3 is 2.02 bits per heavy atom. The number of hydrogen-bond donors (Lipinski definition) is 2. The van der Waals surface area contributed by atoms with Gasteiger partial charge in [0.1, 0.15) is 16.7 Å². The Hall–Kier alpha value is -2.76. The Labute approximate surface area is 282 Å². The Kier molecular flexibility index (Phi) is 17.4. The first-order valence-corrected chi connectivity index (χ1v) is 19.4. The molecule has 0 aliphatic rings. The second-order valence-electron chi connectivity index (χ2n) is 11.9. The molecule has 0 saturated carbocycles. The van der Waals surface area contributed by atoms with Crippen molar-refractivity contribution in [3.05, 3.63) is 72.3 Å². The van der Waals surface area contributed by atoms with E-state index in [9.17, 15) is 18.1 Å².